The fourth-order valence-electron chi connectivity index (χ4n) is 2.46. The highest BCUT2D eigenvalue weighted by Crippen LogP contribution is 2.13. The number of carbonyl (C=O) groups is 1. The molecule has 3 heterocycles. The Bertz CT molecular complexity index is 605. The number of nitrogens with two attached hydrogens (primary N) is 1. The zero-order valence-corrected chi connectivity index (χ0v) is 13.6. The van der Waals surface area contributed by atoms with Gasteiger partial charge in [0.15, 0.2) is 0 Å². The molecule has 1 aliphatic rings. The number of hydrogen-bond donors (Lipinski definition) is 1. The van der Waals surface area contributed by atoms with E-state index in [1.165, 1.54) is 0 Å². The molecule has 2 aromatic rings. The summed E-state index contributed by atoms with van der Waals surface area (Å²) in [5.74, 6) is -0.0610. The molecule has 1 amide bonds. The summed E-state index contributed by atoms with van der Waals surface area (Å²) >= 11 is 0. The van der Waals surface area contributed by atoms with E-state index in [9.17, 15) is 4.79 Å². The van der Waals surface area contributed by atoms with Crippen molar-refractivity contribution in [3.05, 3.63) is 42.5 Å². The maximum Gasteiger partial charge on any atom is 0.272 e. The molecule has 0 spiro atoms. The van der Waals surface area contributed by atoms with Crippen molar-refractivity contribution < 1.29 is 4.79 Å². The van der Waals surface area contributed by atoms with Crippen LogP contribution in [0.2, 0.25) is 0 Å². The minimum atomic E-state index is -0.0610. The molecule has 2 aromatic heterocycles. The molecular weight excluding hydrogens is 325 g/mol. The van der Waals surface area contributed by atoms with Crippen LogP contribution in [0.5, 0.6) is 0 Å². The van der Waals surface area contributed by atoms with E-state index >= 15 is 0 Å². The van der Waals surface area contributed by atoms with Gasteiger partial charge in [0.05, 0.1) is 5.69 Å². The monoisotopic (exact) mass is 343 g/mol. The Morgan fingerprint density at radius 1 is 1.32 bits per heavy atom. The Morgan fingerprint density at radius 2 is 2.14 bits per heavy atom. The van der Waals surface area contributed by atoms with Crippen LogP contribution >= 0.6 is 24.8 Å². The first-order chi connectivity index (χ1) is 9.74. The van der Waals surface area contributed by atoms with Crippen LogP contribution in [0.15, 0.2) is 36.8 Å². The molecule has 1 fully saturated rings. The zero-order valence-electron chi connectivity index (χ0n) is 12.0. The molecule has 1 saturated heterocycles. The fraction of sp³-hybridized carbons (Fsp3) is 0.357. The molecule has 1 atom stereocenters. The predicted molar refractivity (Wildman–Crippen MR) is 89.0 cm³/mol. The van der Waals surface area contributed by atoms with Gasteiger partial charge in [-0.2, -0.15) is 5.10 Å². The molecule has 1 unspecified atom stereocenters. The number of piperidine rings is 1. The molecule has 0 aromatic carbocycles. The van der Waals surface area contributed by atoms with Crippen molar-refractivity contribution >= 4 is 30.7 Å². The summed E-state index contributed by atoms with van der Waals surface area (Å²) in [6.45, 7) is 1.35. The van der Waals surface area contributed by atoms with E-state index < -0.39 is 0 Å². The molecule has 6 nitrogen and oxygen atoms in total. The van der Waals surface area contributed by atoms with E-state index in [1.54, 1.807) is 28.0 Å². The maximum absolute atomic E-state index is 12.4. The molecule has 2 N–H and O–H groups in total. The lowest BCUT2D eigenvalue weighted by atomic mass is 10.1. The number of pyridine rings is 1. The molecule has 22 heavy (non-hydrogen) atoms. The van der Waals surface area contributed by atoms with Crippen molar-refractivity contribution in [3.8, 4) is 5.69 Å². The van der Waals surface area contributed by atoms with Gasteiger partial charge >= 0.3 is 0 Å². The van der Waals surface area contributed by atoms with Crippen molar-refractivity contribution in [2.45, 2.75) is 18.9 Å². The van der Waals surface area contributed by atoms with Crippen molar-refractivity contribution in [3.63, 3.8) is 0 Å². The number of hydrogen-bond acceptors (Lipinski definition) is 4. The number of aromatic nitrogens is 3. The minimum absolute atomic E-state index is 0. The summed E-state index contributed by atoms with van der Waals surface area (Å²) in [7, 11) is 0. The summed E-state index contributed by atoms with van der Waals surface area (Å²) in [6.07, 6.45) is 7.09. The van der Waals surface area contributed by atoms with Crippen LogP contribution in [-0.2, 0) is 0 Å². The van der Waals surface area contributed by atoms with Gasteiger partial charge in [-0.1, -0.05) is 0 Å². The lowest BCUT2D eigenvalue weighted by Crippen LogP contribution is -2.45. The van der Waals surface area contributed by atoms with Gasteiger partial charge < -0.3 is 10.6 Å². The van der Waals surface area contributed by atoms with Crippen LogP contribution < -0.4 is 5.73 Å². The number of rotatable bonds is 2. The topological polar surface area (TPSA) is 77.0 Å². The van der Waals surface area contributed by atoms with E-state index in [-0.39, 0.29) is 36.8 Å². The van der Waals surface area contributed by atoms with Crippen molar-refractivity contribution in [2.75, 3.05) is 13.1 Å². The number of carbonyl (C=O) groups excluding carboxylic acids is 1. The second kappa shape index (κ2) is 8.12. The van der Waals surface area contributed by atoms with E-state index in [4.69, 9.17) is 5.73 Å². The third kappa shape index (κ3) is 3.97. The SMILES string of the molecule is Cl.Cl.NC1CCCN(C(=O)c2cc(-n3cccn3)ccn2)C1. The molecule has 8 heteroatoms. The first-order valence-electron chi connectivity index (χ1n) is 6.75. The number of nitrogens with zero attached hydrogens (tertiary/aromatic N) is 4. The second-order valence-electron chi connectivity index (χ2n) is 5.00. The highest BCUT2D eigenvalue weighted by atomic mass is 35.5. The van der Waals surface area contributed by atoms with E-state index in [0.29, 0.717) is 12.2 Å². The smallest absolute Gasteiger partial charge is 0.272 e. The van der Waals surface area contributed by atoms with Gasteiger partial charge in [-0.15, -0.1) is 24.8 Å². The average Bonchev–Trinajstić information content (AvgIpc) is 3.01. The van der Waals surface area contributed by atoms with Gasteiger partial charge in [0.1, 0.15) is 5.69 Å². The van der Waals surface area contributed by atoms with E-state index in [0.717, 1.165) is 25.1 Å². The van der Waals surface area contributed by atoms with E-state index in [1.807, 2.05) is 18.3 Å². The molecule has 0 bridgehead atoms. The first kappa shape index (κ1) is 18.4. The standard InChI is InChI=1S/C14H17N5O.2ClH/c15-11-3-1-7-18(10-11)14(20)13-9-12(4-6-16-13)19-8-2-5-17-19;;/h2,4-6,8-9,11H,1,3,7,10,15H2;2*1H. The van der Waals surface area contributed by atoms with Gasteiger partial charge in [-0.3, -0.25) is 9.78 Å². The average molecular weight is 344 g/mol. The normalized spacial score (nSPS) is 17.3. The molecule has 3 rings (SSSR count). The summed E-state index contributed by atoms with van der Waals surface area (Å²) in [4.78, 5) is 18.4. The van der Waals surface area contributed by atoms with Crippen LogP contribution in [0.1, 0.15) is 23.3 Å². The minimum Gasteiger partial charge on any atom is -0.336 e. The molecule has 0 aliphatic carbocycles. The third-order valence-electron chi connectivity index (χ3n) is 3.48. The largest absolute Gasteiger partial charge is 0.336 e. The summed E-state index contributed by atoms with van der Waals surface area (Å²) in [5, 5.41) is 4.16. The molecule has 0 saturated carbocycles. The summed E-state index contributed by atoms with van der Waals surface area (Å²) in [6, 6.07) is 5.49. The van der Waals surface area contributed by atoms with Crippen molar-refractivity contribution in [1.29, 1.82) is 0 Å². The number of halogens is 2. The summed E-state index contributed by atoms with van der Waals surface area (Å²) in [5.41, 5.74) is 7.19. The molecule has 120 valence electrons. The van der Waals surface area contributed by atoms with Gasteiger partial charge in [-0.25, -0.2) is 4.68 Å². The highest BCUT2D eigenvalue weighted by molar-refractivity contribution is 5.92. The van der Waals surface area contributed by atoms with E-state index in [2.05, 4.69) is 10.1 Å². The highest BCUT2D eigenvalue weighted by Gasteiger charge is 2.23. The molecule has 1 aliphatic heterocycles. The van der Waals surface area contributed by atoms with Gasteiger partial charge in [-0.05, 0) is 31.0 Å². The Balaban J connectivity index is 0.00000121. The summed E-state index contributed by atoms with van der Waals surface area (Å²) < 4.78 is 1.71. The predicted octanol–water partition coefficient (Wildman–Crippen LogP) is 1.67. The lowest BCUT2D eigenvalue weighted by molar-refractivity contribution is 0.0703. The number of likely N-dealkylation sites (tertiary alicyclic amines) is 1. The fourth-order valence-corrected chi connectivity index (χ4v) is 2.46. The molecular formula is C14H19Cl2N5O. The Kier molecular flexibility index (Phi) is 6.80. The van der Waals surface area contributed by atoms with Crippen LogP contribution in [0.3, 0.4) is 0 Å². The second-order valence-corrected chi connectivity index (χ2v) is 5.00. The first-order valence-corrected chi connectivity index (χ1v) is 6.75. The van der Waals surface area contributed by atoms with Gasteiger partial charge in [0.25, 0.3) is 5.91 Å². The number of amides is 1. The third-order valence-corrected chi connectivity index (χ3v) is 3.48. The van der Waals surface area contributed by atoms with Gasteiger partial charge in [0, 0.05) is 37.7 Å². The van der Waals surface area contributed by atoms with Crippen LogP contribution in [0.25, 0.3) is 5.69 Å². The van der Waals surface area contributed by atoms with Crippen molar-refractivity contribution in [2.24, 2.45) is 5.73 Å². The van der Waals surface area contributed by atoms with Crippen LogP contribution in [-0.4, -0.2) is 44.7 Å². The van der Waals surface area contributed by atoms with Crippen LogP contribution in [0.4, 0.5) is 0 Å². The maximum atomic E-state index is 12.4. The Hall–Kier alpha value is -1.63. The zero-order chi connectivity index (χ0) is 13.9. The molecule has 0 radical (unpaired) electrons. The van der Waals surface area contributed by atoms with Crippen LogP contribution in [0, 0.1) is 0 Å². The quantitative estimate of drug-likeness (QED) is 0.899. The van der Waals surface area contributed by atoms with Crippen molar-refractivity contribution in [1.82, 2.24) is 19.7 Å². The van der Waals surface area contributed by atoms with Gasteiger partial charge in [0.2, 0.25) is 0 Å². The Labute approximate surface area is 141 Å². The Morgan fingerprint density at radius 3 is 2.82 bits per heavy atom. The lowest BCUT2D eigenvalue weighted by Gasteiger charge is -2.30.